The van der Waals surface area contributed by atoms with E-state index in [-0.39, 0.29) is 17.4 Å². The lowest BCUT2D eigenvalue weighted by Crippen LogP contribution is -2.48. The number of pyridine rings is 1. The minimum Gasteiger partial charge on any atom is -0.381 e. The number of carbonyl (C=O) groups is 1. The van der Waals surface area contributed by atoms with Crippen molar-refractivity contribution in [2.45, 2.75) is 56.5 Å². The zero-order chi connectivity index (χ0) is 19.8. The van der Waals surface area contributed by atoms with Crippen LogP contribution in [0, 0.1) is 0 Å². The zero-order valence-corrected chi connectivity index (χ0v) is 16.3. The molecule has 5 rings (SSSR count). The first kappa shape index (κ1) is 18.3. The van der Waals surface area contributed by atoms with E-state index < -0.39 is 5.66 Å². The average Bonchev–Trinajstić information content (AvgIpc) is 3.03. The summed E-state index contributed by atoms with van der Waals surface area (Å²) in [5.74, 6) is 0.630. The summed E-state index contributed by atoms with van der Waals surface area (Å²) < 4.78 is 7.28. The smallest absolute Gasteiger partial charge is 0.276 e. The van der Waals surface area contributed by atoms with Gasteiger partial charge in [0.25, 0.3) is 11.5 Å². The first-order valence-corrected chi connectivity index (χ1v) is 10.4. The van der Waals surface area contributed by atoms with E-state index in [1.54, 1.807) is 16.8 Å². The molecule has 8 heteroatoms. The van der Waals surface area contributed by atoms with Gasteiger partial charge in [0, 0.05) is 19.4 Å². The molecular formula is C21H25N5O3. The summed E-state index contributed by atoms with van der Waals surface area (Å²) >= 11 is 0. The van der Waals surface area contributed by atoms with Crippen LogP contribution in [-0.4, -0.2) is 33.7 Å². The highest BCUT2D eigenvalue weighted by molar-refractivity contribution is 5.97. The van der Waals surface area contributed by atoms with Crippen LogP contribution in [0.3, 0.4) is 0 Å². The fraction of sp³-hybridized carbons (Fsp3) is 0.524. The van der Waals surface area contributed by atoms with Gasteiger partial charge in [-0.1, -0.05) is 6.42 Å². The number of carbonyl (C=O) groups excluding carboxylic acids is 1. The Bertz CT molecular complexity index is 976. The number of hydrogen-bond acceptors (Lipinski definition) is 6. The summed E-state index contributed by atoms with van der Waals surface area (Å²) in [4.78, 5) is 34.8. The molecule has 2 N–H and O–H groups in total. The second kappa shape index (κ2) is 7.26. The molecule has 1 saturated heterocycles. The van der Waals surface area contributed by atoms with E-state index in [2.05, 4.69) is 20.6 Å². The SMILES string of the molecule is O=C1NC2(CCCCC2)n2c1c(C1CCOCC1)cc(Nc1ccncn1)c2=O. The standard InChI is InChI=1S/C21H25N5O3/c27-19-18-15(14-5-10-29-11-6-14)12-16(24-17-4-9-22-13-23-17)20(28)26(18)21(25-19)7-2-1-3-8-21/h4,9,12-14H,1-3,5-8,10-11H2,(H,25,27)(H,22,23,24). The van der Waals surface area contributed by atoms with Crippen molar-refractivity contribution in [3.8, 4) is 0 Å². The highest BCUT2D eigenvalue weighted by Crippen LogP contribution is 2.40. The first-order valence-electron chi connectivity index (χ1n) is 10.4. The molecule has 0 unspecified atom stereocenters. The molecule has 2 aliphatic heterocycles. The van der Waals surface area contributed by atoms with Crippen LogP contribution in [0.25, 0.3) is 0 Å². The average molecular weight is 395 g/mol. The van der Waals surface area contributed by atoms with Crippen LogP contribution in [0.4, 0.5) is 11.5 Å². The van der Waals surface area contributed by atoms with E-state index in [0.717, 1.165) is 50.5 Å². The summed E-state index contributed by atoms with van der Waals surface area (Å²) in [5, 5.41) is 6.35. The van der Waals surface area contributed by atoms with Crippen molar-refractivity contribution >= 4 is 17.4 Å². The number of fused-ring (bicyclic) bond motifs is 2. The third-order valence-electron chi connectivity index (χ3n) is 6.41. The molecule has 2 aromatic heterocycles. The Morgan fingerprint density at radius 3 is 2.69 bits per heavy atom. The predicted octanol–water partition coefficient (Wildman–Crippen LogP) is 2.64. The van der Waals surface area contributed by atoms with Crippen molar-refractivity contribution in [3.63, 3.8) is 0 Å². The molecule has 29 heavy (non-hydrogen) atoms. The lowest BCUT2D eigenvalue weighted by atomic mass is 9.88. The number of ether oxygens (including phenoxy) is 1. The number of rotatable bonds is 3. The number of nitrogens with zero attached hydrogens (tertiary/aromatic N) is 3. The van der Waals surface area contributed by atoms with Crippen molar-refractivity contribution in [1.29, 1.82) is 0 Å². The lowest BCUT2D eigenvalue weighted by Gasteiger charge is -2.35. The Morgan fingerprint density at radius 1 is 1.17 bits per heavy atom. The number of anilines is 2. The van der Waals surface area contributed by atoms with Crippen molar-refractivity contribution in [2.24, 2.45) is 0 Å². The van der Waals surface area contributed by atoms with E-state index >= 15 is 0 Å². The van der Waals surface area contributed by atoms with E-state index in [4.69, 9.17) is 4.74 Å². The lowest BCUT2D eigenvalue weighted by molar-refractivity contribution is 0.0839. The van der Waals surface area contributed by atoms with Gasteiger partial charge in [0.1, 0.15) is 29.2 Å². The Kier molecular flexibility index (Phi) is 4.58. The van der Waals surface area contributed by atoms with Gasteiger partial charge in [-0.2, -0.15) is 0 Å². The van der Waals surface area contributed by atoms with Crippen molar-refractivity contribution in [2.75, 3.05) is 18.5 Å². The number of amides is 1. The summed E-state index contributed by atoms with van der Waals surface area (Å²) in [5.41, 5.74) is 1.15. The third kappa shape index (κ3) is 3.11. The minimum absolute atomic E-state index is 0.126. The van der Waals surface area contributed by atoms with Crippen LogP contribution in [-0.2, 0) is 10.4 Å². The fourth-order valence-electron chi connectivity index (χ4n) is 5.00. The van der Waals surface area contributed by atoms with Crippen molar-refractivity contribution in [1.82, 2.24) is 19.9 Å². The van der Waals surface area contributed by atoms with Gasteiger partial charge in [0.05, 0.1) is 0 Å². The highest BCUT2D eigenvalue weighted by Gasteiger charge is 2.46. The van der Waals surface area contributed by atoms with Crippen molar-refractivity contribution in [3.05, 3.63) is 46.3 Å². The Labute approximate surface area is 168 Å². The van der Waals surface area contributed by atoms with Crippen molar-refractivity contribution < 1.29 is 9.53 Å². The van der Waals surface area contributed by atoms with E-state index in [1.165, 1.54) is 6.33 Å². The predicted molar refractivity (Wildman–Crippen MR) is 107 cm³/mol. The molecular weight excluding hydrogens is 370 g/mol. The quantitative estimate of drug-likeness (QED) is 0.829. The molecule has 2 aromatic rings. The fourth-order valence-corrected chi connectivity index (χ4v) is 5.00. The van der Waals surface area contributed by atoms with Gasteiger partial charge < -0.3 is 15.4 Å². The molecule has 1 saturated carbocycles. The summed E-state index contributed by atoms with van der Waals surface area (Å²) in [6.45, 7) is 1.34. The van der Waals surface area contributed by atoms with E-state index in [0.29, 0.717) is 30.4 Å². The second-order valence-electron chi connectivity index (χ2n) is 8.16. The van der Waals surface area contributed by atoms with Crippen LogP contribution in [0.2, 0.25) is 0 Å². The van der Waals surface area contributed by atoms with Gasteiger partial charge in [-0.05, 0) is 62.1 Å². The molecule has 0 aromatic carbocycles. The Hall–Kier alpha value is -2.74. The summed E-state index contributed by atoms with van der Waals surface area (Å²) in [6, 6.07) is 3.58. The molecule has 2 fully saturated rings. The highest BCUT2D eigenvalue weighted by atomic mass is 16.5. The molecule has 152 valence electrons. The maximum Gasteiger partial charge on any atom is 0.276 e. The number of hydrogen-bond donors (Lipinski definition) is 2. The maximum atomic E-state index is 13.6. The molecule has 0 radical (unpaired) electrons. The van der Waals surface area contributed by atoms with Gasteiger partial charge in [0.2, 0.25) is 0 Å². The van der Waals surface area contributed by atoms with Crippen LogP contribution in [0.5, 0.6) is 0 Å². The first-order chi connectivity index (χ1) is 14.2. The Balaban J connectivity index is 1.68. The van der Waals surface area contributed by atoms with Gasteiger partial charge in [-0.3, -0.25) is 14.2 Å². The largest absolute Gasteiger partial charge is 0.381 e. The maximum absolute atomic E-state index is 13.6. The monoisotopic (exact) mass is 395 g/mol. The zero-order valence-electron chi connectivity index (χ0n) is 16.3. The minimum atomic E-state index is -0.606. The van der Waals surface area contributed by atoms with Crippen LogP contribution in [0.1, 0.15) is 66.9 Å². The Morgan fingerprint density at radius 2 is 1.97 bits per heavy atom. The third-order valence-corrected chi connectivity index (χ3v) is 6.41. The summed E-state index contributed by atoms with van der Waals surface area (Å²) in [6.07, 6.45) is 9.48. The number of aromatic nitrogens is 3. The van der Waals surface area contributed by atoms with Gasteiger partial charge in [0.15, 0.2) is 0 Å². The molecule has 0 atom stereocenters. The van der Waals surface area contributed by atoms with Crippen LogP contribution >= 0.6 is 0 Å². The normalized spacial score (nSPS) is 21.0. The van der Waals surface area contributed by atoms with E-state index in [9.17, 15) is 9.59 Å². The molecule has 0 bridgehead atoms. The van der Waals surface area contributed by atoms with E-state index in [1.807, 2.05) is 6.07 Å². The topological polar surface area (TPSA) is 98.1 Å². The number of nitrogens with one attached hydrogen (secondary N) is 2. The van der Waals surface area contributed by atoms with Gasteiger partial charge in [-0.25, -0.2) is 9.97 Å². The van der Waals surface area contributed by atoms with Gasteiger partial charge in [-0.15, -0.1) is 0 Å². The molecule has 1 amide bonds. The molecule has 1 aliphatic carbocycles. The summed E-state index contributed by atoms with van der Waals surface area (Å²) in [7, 11) is 0. The van der Waals surface area contributed by atoms with Gasteiger partial charge >= 0.3 is 0 Å². The molecule has 1 spiro atoms. The van der Waals surface area contributed by atoms with Crippen LogP contribution in [0.15, 0.2) is 29.5 Å². The second-order valence-corrected chi connectivity index (χ2v) is 8.16. The molecule has 4 heterocycles. The molecule has 8 nitrogen and oxygen atoms in total. The van der Waals surface area contributed by atoms with Crippen LogP contribution < -0.4 is 16.2 Å². The molecule has 3 aliphatic rings.